The van der Waals surface area contributed by atoms with Crippen LogP contribution in [0, 0.1) is 11.8 Å². The van der Waals surface area contributed by atoms with Gasteiger partial charge in [-0.1, -0.05) is 60.7 Å². The molecule has 8 nitrogen and oxygen atoms in total. The molecule has 5 aliphatic rings. The number of nitrogens with zero attached hydrogens (tertiary/aromatic N) is 2. The fourth-order valence-electron chi connectivity index (χ4n) is 9.27. The Balaban J connectivity index is 1.15. The van der Waals surface area contributed by atoms with Gasteiger partial charge in [0, 0.05) is 56.1 Å². The summed E-state index contributed by atoms with van der Waals surface area (Å²) in [6.07, 6.45) is 5.42. The molecule has 4 heterocycles. The monoisotopic (exact) mass is 600 g/mol. The Hall–Kier alpha value is -3.23. The molecule has 0 amide bonds. The summed E-state index contributed by atoms with van der Waals surface area (Å²) < 4.78 is 18.3. The molecule has 1 saturated carbocycles. The average molecular weight is 601 g/mol. The summed E-state index contributed by atoms with van der Waals surface area (Å²) in [5.41, 5.74) is 2.07. The summed E-state index contributed by atoms with van der Waals surface area (Å²) >= 11 is 0. The largest absolute Gasteiger partial charge is 0.462 e. The van der Waals surface area contributed by atoms with E-state index in [1.54, 1.807) is 0 Å². The molecule has 0 N–H and O–H groups in total. The molecule has 0 spiro atoms. The first kappa shape index (κ1) is 29.5. The van der Waals surface area contributed by atoms with Crippen LogP contribution in [0.25, 0.3) is 0 Å². The van der Waals surface area contributed by atoms with Crippen LogP contribution < -0.4 is 0 Å². The normalized spacial score (nSPS) is 38.0. The van der Waals surface area contributed by atoms with Crippen LogP contribution in [0.1, 0.15) is 74.8 Å². The van der Waals surface area contributed by atoms with Crippen LogP contribution in [0.15, 0.2) is 60.7 Å². The van der Waals surface area contributed by atoms with Gasteiger partial charge >= 0.3 is 17.9 Å². The van der Waals surface area contributed by atoms with Crippen molar-refractivity contribution in [3.05, 3.63) is 71.8 Å². The minimum Gasteiger partial charge on any atom is -0.462 e. The molecule has 7 rings (SSSR count). The van der Waals surface area contributed by atoms with Crippen molar-refractivity contribution in [3.8, 4) is 0 Å². The van der Waals surface area contributed by atoms with Crippen molar-refractivity contribution in [1.82, 2.24) is 9.80 Å². The second kappa shape index (κ2) is 11.9. The Labute approximate surface area is 260 Å². The predicted molar refractivity (Wildman–Crippen MR) is 164 cm³/mol. The topological polar surface area (TPSA) is 85.4 Å². The highest BCUT2D eigenvalue weighted by Gasteiger charge is 2.61. The lowest BCUT2D eigenvalue weighted by molar-refractivity contribution is -0.181. The molecular formula is C36H44N2O6. The van der Waals surface area contributed by atoms with E-state index in [0.29, 0.717) is 24.9 Å². The van der Waals surface area contributed by atoms with Crippen molar-refractivity contribution in [2.45, 2.75) is 106 Å². The molecule has 1 aliphatic carbocycles. The van der Waals surface area contributed by atoms with E-state index in [1.165, 1.54) is 6.92 Å². The van der Waals surface area contributed by atoms with E-state index < -0.39 is 11.8 Å². The fourth-order valence-corrected chi connectivity index (χ4v) is 9.27. The van der Waals surface area contributed by atoms with Gasteiger partial charge in [0.2, 0.25) is 0 Å². The molecule has 0 aromatic heterocycles. The maximum Gasteiger partial charge on any atom is 0.310 e. The van der Waals surface area contributed by atoms with E-state index >= 15 is 0 Å². The molecule has 4 saturated heterocycles. The summed E-state index contributed by atoms with van der Waals surface area (Å²) in [7, 11) is 4.23. The van der Waals surface area contributed by atoms with Crippen LogP contribution in [-0.2, 0) is 28.6 Å². The van der Waals surface area contributed by atoms with Gasteiger partial charge in [-0.15, -0.1) is 0 Å². The Kier molecular flexibility index (Phi) is 8.00. The van der Waals surface area contributed by atoms with Gasteiger partial charge < -0.3 is 19.1 Å². The van der Waals surface area contributed by atoms with Gasteiger partial charge in [0.15, 0.2) is 0 Å². The van der Waals surface area contributed by atoms with Crippen LogP contribution in [0.2, 0.25) is 0 Å². The molecule has 5 unspecified atom stereocenters. The second-order valence-electron chi connectivity index (χ2n) is 13.8. The van der Waals surface area contributed by atoms with E-state index in [0.717, 1.165) is 43.2 Å². The molecule has 8 heteroatoms. The summed E-state index contributed by atoms with van der Waals surface area (Å²) in [4.78, 5) is 44.9. The Morgan fingerprint density at radius 2 is 1.09 bits per heavy atom. The molecule has 4 aliphatic heterocycles. The number of benzene rings is 2. The van der Waals surface area contributed by atoms with E-state index in [1.807, 2.05) is 36.4 Å². The van der Waals surface area contributed by atoms with Gasteiger partial charge in [-0.2, -0.15) is 0 Å². The third-order valence-electron chi connectivity index (χ3n) is 11.5. The highest BCUT2D eigenvalue weighted by Crippen LogP contribution is 2.59. The zero-order chi connectivity index (χ0) is 30.5. The second-order valence-corrected chi connectivity index (χ2v) is 13.8. The van der Waals surface area contributed by atoms with Crippen LogP contribution in [0.3, 0.4) is 0 Å². The number of ether oxygens (including phenoxy) is 3. The average Bonchev–Trinajstić information content (AvgIpc) is 3.27. The first-order chi connectivity index (χ1) is 21.3. The van der Waals surface area contributed by atoms with Crippen molar-refractivity contribution in [1.29, 1.82) is 0 Å². The van der Waals surface area contributed by atoms with Gasteiger partial charge in [-0.05, 0) is 50.9 Å². The van der Waals surface area contributed by atoms with Crippen LogP contribution >= 0.6 is 0 Å². The molecular weight excluding hydrogens is 556 g/mol. The minimum atomic E-state index is -0.639. The smallest absolute Gasteiger partial charge is 0.310 e. The number of fused-ring (bicyclic) bond motifs is 4. The summed E-state index contributed by atoms with van der Waals surface area (Å²) in [5.74, 6) is -2.53. The van der Waals surface area contributed by atoms with Crippen LogP contribution in [0.4, 0.5) is 0 Å². The maximum atomic E-state index is 14.3. The molecule has 234 valence electrons. The van der Waals surface area contributed by atoms with Crippen LogP contribution in [0.5, 0.6) is 0 Å². The molecule has 2 aromatic rings. The number of carbonyl (C=O) groups is 3. The summed E-state index contributed by atoms with van der Waals surface area (Å²) in [5, 5.41) is 0. The van der Waals surface area contributed by atoms with Crippen molar-refractivity contribution >= 4 is 17.9 Å². The van der Waals surface area contributed by atoms with E-state index in [-0.39, 0.29) is 60.1 Å². The van der Waals surface area contributed by atoms with Gasteiger partial charge in [0.25, 0.3) is 0 Å². The fraction of sp³-hybridized carbons (Fsp3) is 0.583. The van der Waals surface area contributed by atoms with Crippen molar-refractivity contribution in [2.75, 3.05) is 14.1 Å². The molecule has 2 aromatic carbocycles. The van der Waals surface area contributed by atoms with E-state index in [9.17, 15) is 14.4 Å². The minimum absolute atomic E-state index is 0.0133. The number of rotatable bonds is 7. The highest BCUT2D eigenvalue weighted by molar-refractivity contribution is 5.87. The third kappa shape index (κ3) is 5.34. The zero-order valence-corrected chi connectivity index (χ0v) is 25.9. The molecule has 44 heavy (non-hydrogen) atoms. The molecule has 4 bridgehead atoms. The first-order valence-corrected chi connectivity index (χ1v) is 16.4. The van der Waals surface area contributed by atoms with E-state index in [2.05, 4.69) is 48.2 Å². The lowest BCUT2D eigenvalue weighted by atomic mass is 9.52. The van der Waals surface area contributed by atoms with Gasteiger partial charge in [-0.3, -0.25) is 19.3 Å². The molecule has 0 radical (unpaired) electrons. The lowest BCUT2D eigenvalue weighted by Crippen LogP contribution is -2.54. The van der Waals surface area contributed by atoms with Crippen molar-refractivity contribution < 1.29 is 28.6 Å². The van der Waals surface area contributed by atoms with Crippen molar-refractivity contribution in [3.63, 3.8) is 0 Å². The van der Waals surface area contributed by atoms with Gasteiger partial charge in [0.1, 0.15) is 18.3 Å². The SMILES string of the molecule is CC(=O)O[C@@H]1C[C@H]2C[C@@H](OC(=O)C3C(C(=O)OC4C[C@H]5CC[C@@H](C4)N5C)C(c4ccccc4)C3c3ccccc3)C[C@@H]1N2C. The third-order valence-corrected chi connectivity index (χ3v) is 11.5. The Morgan fingerprint density at radius 3 is 1.59 bits per heavy atom. The molecule has 5 fully saturated rings. The van der Waals surface area contributed by atoms with Crippen LogP contribution in [-0.4, -0.2) is 84.3 Å². The summed E-state index contributed by atoms with van der Waals surface area (Å²) in [6.45, 7) is 1.44. The lowest BCUT2D eigenvalue weighted by Gasteiger charge is -2.50. The quantitative estimate of drug-likeness (QED) is 0.335. The number of hydrogen-bond donors (Lipinski definition) is 0. The zero-order valence-electron chi connectivity index (χ0n) is 25.9. The Morgan fingerprint density at radius 1 is 0.614 bits per heavy atom. The standard InChI is InChI=1S/C36H44N2O6/c1-21(39)42-30-19-26-18-28(20-29(30)38(26)3)44-36(41)34-32(23-12-8-5-9-13-23)31(22-10-6-4-7-11-22)33(34)35(40)43-27-16-24-14-15-25(17-27)37(24)2/h4-13,24-34H,14-20H2,1-3H3/t24-,25+,26-,27?,28-,29+,30-,31?,32?,33?,34?/m1/s1. The number of carbonyl (C=O) groups excluding carboxylic acids is 3. The van der Waals surface area contributed by atoms with Gasteiger partial charge in [-0.25, -0.2) is 0 Å². The predicted octanol–water partition coefficient (Wildman–Crippen LogP) is 4.68. The van der Waals surface area contributed by atoms with Crippen molar-refractivity contribution in [2.24, 2.45) is 11.8 Å². The number of esters is 3. The number of hydrogen-bond acceptors (Lipinski definition) is 8. The highest BCUT2D eigenvalue weighted by atomic mass is 16.6. The molecule has 11 atom stereocenters. The van der Waals surface area contributed by atoms with E-state index in [4.69, 9.17) is 14.2 Å². The number of likely N-dealkylation sites (N-methyl/N-ethyl adjacent to an activating group) is 1. The first-order valence-electron chi connectivity index (χ1n) is 16.4. The maximum absolute atomic E-state index is 14.3. The summed E-state index contributed by atoms with van der Waals surface area (Å²) in [6, 6.07) is 21.2. The Bertz CT molecular complexity index is 1360. The van der Waals surface area contributed by atoms with Gasteiger partial charge in [0.05, 0.1) is 17.9 Å². The number of piperidine rings is 2.